The van der Waals surface area contributed by atoms with Crippen molar-refractivity contribution in [2.75, 3.05) is 0 Å². The van der Waals surface area contributed by atoms with E-state index in [2.05, 4.69) is 53.1 Å². The van der Waals surface area contributed by atoms with Gasteiger partial charge in [0.25, 0.3) is 0 Å². The Morgan fingerprint density at radius 3 is 1.65 bits per heavy atom. The zero-order valence-corrected chi connectivity index (χ0v) is 11.7. The second-order valence-corrected chi connectivity index (χ2v) is 5.67. The minimum Gasteiger partial charge on any atom is -0.223 e. The molecule has 0 fully saturated rings. The van der Waals surface area contributed by atoms with E-state index in [0.29, 0.717) is 0 Å². The van der Waals surface area contributed by atoms with Crippen LogP contribution >= 0.6 is 0 Å². The van der Waals surface area contributed by atoms with Crippen LogP contribution in [0.15, 0.2) is 43.5 Å². The van der Waals surface area contributed by atoms with Crippen molar-refractivity contribution in [3.05, 3.63) is 49.1 Å². The van der Waals surface area contributed by atoms with Crippen molar-refractivity contribution in [2.45, 2.75) is 26.2 Å². The van der Waals surface area contributed by atoms with Crippen molar-refractivity contribution in [1.29, 1.82) is 0 Å². The van der Waals surface area contributed by atoms with E-state index in [-0.39, 0.29) is 5.41 Å². The van der Waals surface area contributed by atoms with Gasteiger partial charge in [0.1, 0.15) is 25.3 Å². The van der Waals surface area contributed by atoms with Crippen LogP contribution in [0.4, 0.5) is 0 Å². The van der Waals surface area contributed by atoms with E-state index in [4.69, 9.17) is 0 Å². The summed E-state index contributed by atoms with van der Waals surface area (Å²) < 4.78 is 3.49. The fourth-order valence-corrected chi connectivity index (χ4v) is 1.98. The van der Waals surface area contributed by atoms with E-state index in [1.54, 1.807) is 22.0 Å². The first-order chi connectivity index (χ1) is 9.54. The quantitative estimate of drug-likeness (QED) is 0.714. The van der Waals surface area contributed by atoms with Crippen LogP contribution in [-0.2, 0) is 5.41 Å². The number of aromatic nitrogens is 6. The number of hydrogen-bond acceptors (Lipinski definition) is 4. The lowest BCUT2D eigenvalue weighted by Gasteiger charge is -2.21. The van der Waals surface area contributed by atoms with Crippen molar-refractivity contribution in [1.82, 2.24) is 29.5 Å². The average Bonchev–Trinajstić information content (AvgIpc) is 3.10. The summed E-state index contributed by atoms with van der Waals surface area (Å²) in [6, 6.07) is 6.25. The fraction of sp³-hybridized carbons (Fsp3) is 0.286. The third kappa shape index (κ3) is 2.32. The molecule has 6 heteroatoms. The molecule has 3 aromatic rings. The summed E-state index contributed by atoms with van der Waals surface area (Å²) in [7, 11) is 0. The molecular formula is C14H16N6. The summed E-state index contributed by atoms with van der Waals surface area (Å²) in [5.74, 6) is 0. The molecule has 6 nitrogen and oxygen atoms in total. The van der Waals surface area contributed by atoms with Crippen LogP contribution in [0.2, 0.25) is 0 Å². The molecule has 0 N–H and O–H groups in total. The molecule has 3 rings (SSSR count). The summed E-state index contributed by atoms with van der Waals surface area (Å²) >= 11 is 0. The lowest BCUT2D eigenvalue weighted by Crippen LogP contribution is -2.13. The number of hydrogen-bond donors (Lipinski definition) is 0. The molecule has 0 spiro atoms. The van der Waals surface area contributed by atoms with Crippen LogP contribution in [0, 0.1) is 0 Å². The summed E-state index contributed by atoms with van der Waals surface area (Å²) in [4.78, 5) is 8.00. The van der Waals surface area contributed by atoms with Crippen molar-refractivity contribution in [2.24, 2.45) is 0 Å². The van der Waals surface area contributed by atoms with Gasteiger partial charge in [0.2, 0.25) is 0 Å². The summed E-state index contributed by atoms with van der Waals surface area (Å²) in [5, 5.41) is 8.38. The van der Waals surface area contributed by atoms with E-state index >= 15 is 0 Å². The number of nitrogens with zero attached hydrogens (tertiary/aromatic N) is 6. The molecule has 0 unspecified atom stereocenters. The summed E-state index contributed by atoms with van der Waals surface area (Å²) in [5.41, 5.74) is 3.16. The third-order valence-electron chi connectivity index (χ3n) is 3.14. The third-order valence-corrected chi connectivity index (χ3v) is 3.14. The van der Waals surface area contributed by atoms with E-state index in [0.717, 1.165) is 11.4 Å². The van der Waals surface area contributed by atoms with Crippen LogP contribution in [0.25, 0.3) is 11.4 Å². The molecule has 0 aliphatic heterocycles. The first kappa shape index (κ1) is 12.5. The van der Waals surface area contributed by atoms with Gasteiger partial charge in [-0.1, -0.05) is 20.8 Å². The highest BCUT2D eigenvalue weighted by Gasteiger charge is 2.16. The van der Waals surface area contributed by atoms with E-state index < -0.39 is 0 Å². The molecule has 0 saturated carbocycles. The Morgan fingerprint density at radius 1 is 0.800 bits per heavy atom. The Morgan fingerprint density at radius 2 is 1.30 bits per heavy atom. The molecule has 0 aliphatic carbocycles. The molecule has 0 amide bonds. The summed E-state index contributed by atoms with van der Waals surface area (Å²) in [6.07, 6.45) is 6.43. The van der Waals surface area contributed by atoms with Gasteiger partial charge in [-0.2, -0.15) is 10.2 Å². The van der Waals surface area contributed by atoms with Gasteiger partial charge in [-0.25, -0.2) is 19.3 Å². The fourth-order valence-electron chi connectivity index (χ4n) is 1.98. The van der Waals surface area contributed by atoms with E-state index in [1.807, 2.05) is 6.07 Å². The molecule has 20 heavy (non-hydrogen) atoms. The van der Waals surface area contributed by atoms with E-state index in [9.17, 15) is 0 Å². The molecule has 0 aliphatic rings. The Kier molecular flexibility index (Phi) is 2.85. The zero-order valence-electron chi connectivity index (χ0n) is 11.7. The topological polar surface area (TPSA) is 61.4 Å². The molecule has 2 aromatic heterocycles. The SMILES string of the molecule is CC(C)(C)c1cc(-n2cncn2)cc(-n2cncn2)c1. The number of benzene rings is 1. The lowest BCUT2D eigenvalue weighted by molar-refractivity contribution is 0.588. The second-order valence-electron chi connectivity index (χ2n) is 5.67. The summed E-state index contributed by atoms with van der Waals surface area (Å²) in [6.45, 7) is 6.54. The predicted octanol–water partition coefficient (Wildman–Crippen LogP) is 2.15. The molecule has 102 valence electrons. The highest BCUT2D eigenvalue weighted by molar-refractivity contribution is 5.48. The predicted molar refractivity (Wildman–Crippen MR) is 75.0 cm³/mol. The first-order valence-electron chi connectivity index (χ1n) is 6.39. The minimum atomic E-state index is 0.0337. The molecule has 2 heterocycles. The maximum Gasteiger partial charge on any atom is 0.138 e. The molecule has 0 bridgehead atoms. The highest BCUT2D eigenvalue weighted by Crippen LogP contribution is 2.27. The van der Waals surface area contributed by atoms with Crippen LogP contribution in [-0.4, -0.2) is 29.5 Å². The van der Waals surface area contributed by atoms with Crippen LogP contribution in [0.1, 0.15) is 26.3 Å². The minimum absolute atomic E-state index is 0.0337. The van der Waals surface area contributed by atoms with Crippen molar-refractivity contribution >= 4 is 0 Å². The molecule has 1 aromatic carbocycles. The second kappa shape index (κ2) is 4.56. The van der Waals surface area contributed by atoms with Crippen molar-refractivity contribution < 1.29 is 0 Å². The average molecular weight is 268 g/mol. The van der Waals surface area contributed by atoms with Crippen LogP contribution in [0.5, 0.6) is 0 Å². The van der Waals surface area contributed by atoms with Gasteiger partial charge in [0.15, 0.2) is 0 Å². The van der Waals surface area contributed by atoms with Gasteiger partial charge in [0, 0.05) is 0 Å². The van der Waals surface area contributed by atoms with Crippen LogP contribution < -0.4 is 0 Å². The van der Waals surface area contributed by atoms with Crippen molar-refractivity contribution in [3.63, 3.8) is 0 Å². The standard InChI is InChI=1S/C14H16N6/c1-14(2,3)11-4-12(19-9-15-7-17-19)6-13(5-11)20-10-16-8-18-20/h4-10H,1-3H3. The molecular weight excluding hydrogens is 252 g/mol. The molecule has 0 radical (unpaired) electrons. The monoisotopic (exact) mass is 268 g/mol. The maximum absolute atomic E-state index is 4.19. The molecule has 0 atom stereocenters. The Labute approximate surface area is 117 Å². The highest BCUT2D eigenvalue weighted by atomic mass is 15.3. The largest absolute Gasteiger partial charge is 0.223 e. The van der Waals surface area contributed by atoms with Gasteiger partial charge in [-0.3, -0.25) is 0 Å². The van der Waals surface area contributed by atoms with Crippen LogP contribution in [0.3, 0.4) is 0 Å². The Bertz CT molecular complexity index is 639. The smallest absolute Gasteiger partial charge is 0.138 e. The Balaban J connectivity index is 2.19. The van der Waals surface area contributed by atoms with Gasteiger partial charge in [0.05, 0.1) is 11.4 Å². The number of rotatable bonds is 2. The first-order valence-corrected chi connectivity index (χ1v) is 6.39. The molecule has 0 saturated heterocycles. The lowest BCUT2D eigenvalue weighted by atomic mass is 9.86. The Hall–Kier alpha value is -2.50. The zero-order chi connectivity index (χ0) is 14.2. The van der Waals surface area contributed by atoms with Gasteiger partial charge in [-0.15, -0.1) is 0 Å². The van der Waals surface area contributed by atoms with E-state index in [1.165, 1.54) is 18.2 Å². The van der Waals surface area contributed by atoms with Gasteiger partial charge >= 0.3 is 0 Å². The maximum atomic E-state index is 4.19. The van der Waals surface area contributed by atoms with Gasteiger partial charge in [-0.05, 0) is 29.2 Å². The normalized spacial score (nSPS) is 11.8. The van der Waals surface area contributed by atoms with Gasteiger partial charge < -0.3 is 0 Å². The van der Waals surface area contributed by atoms with Crippen molar-refractivity contribution in [3.8, 4) is 11.4 Å².